The zero-order valence-corrected chi connectivity index (χ0v) is 30.1. The van der Waals surface area contributed by atoms with Crippen molar-refractivity contribution < 1.29 is 42.5 Å². The molecule has 0 amide bonds. The Morgan fingerprint density at radius 2 is 1.59 bits per heavy atom. The molecule has 8 rings (SSSR count). The van der Waals surface area contributed by atoms with Crippen molar-refractivity contribution in [2.45, 2.75) is 57.2 Å². The van der Waals surface area contributed by atoms with E-state index in [4.69, 9.17) is 23.7 Å². The summed E-state index contributed by atoms with van der Waals surface area (Å²) >= 11 is 0. The van der Waals surface area contributed by atoms with Gasteiger partial charge in [-0.15, -0.1) is 0 Å². The summed E-state index contributed by atoms with van der Waals surface area (Å²) in [6, 6.07) is 18.5. The molecule has 4 heterocycles. The van der Waals surface area contributed by atoms with Crippen molar-refractivity contribution in [1.82, 2.24) is 4.90 Å². The van der Waals surface area contributed by atoms with Gasteiger partial charge in [-0.25, -0.2) is 4.79 Å². The first-order valence-corrected chi connectivity index (χ1v) is 17.6. The number of likely N-dealkylation sites (N-methyl/N-ethyl adjacent to an activating group) is 2. The van der Waals surface area contributed by atoms with Crippen molar-refractivity contribution in [3.05, 3.63) is 99.9 Å². The molecule has 4 aromatic rings. The van der Waals surface area contributed by atoms with Crippen LogP contribution in [-0.4, -0.2) is 75.0 Å². The van der Waals surface area contributed by atoms with Crippen LogP contribution in [0, 0.1) is 5.82 Å². The molecule has 9 nitrogen and oxygen atoms in total. The highest BCUT2D eigenvalue weighted by Crippen LogP contribution is 2.49. The van der Waals surface area contributed by atoms with Crippen molar-refractivity contribution in [1.29, 1.82) is 0 Å². The fourth-order valence-electron chi connectivity index (χ4n) is 8.49. The minimum Gasteiger partial charge on any atom is -0.494 e. The second-order valence-electron chi connectivity index (χ2n) is 14.1. The van der Waals surface area contributed by atoms with Crippen LogP contribution < -0.4 is 23.7 Å². The van der Waals surface area contributed by atoms with Crippen LogP contribution in [0.4, 0.5) is 4.39 Å². The molecule has 4 aromatic carbocycles. The van der Waals surface area contributed by atoms with E-state index in [0.717, 1.165) is 39.9 Å². The largest absolute Gasteiger partial charge is 0.494 e. The Balaban J connectivity index is 1.48. The van der Waals surface area contributed by atoms with Crippen LogP contribution in [0.5, 0.6) is 40.2 Å². The molecule has 1 N–H and O–H groups in total. The van der Waals surface area contributed by atoms with Gasteiger partial charge in [0.05, 0.1) is 34.9 Å². The summed E-state index contributed by atoms with van der Waals surface area (Å²) < 4.78 is 47.3. The predicted octanol–water partition coefficient (Wildman–Crippen LogP) is 7.67. The summed E-state index contributed by atoms with van der Waals surface area (Å²) in [6.07, 6.45) is 2.94. The van der Waals surface area contributed by atoms with Crippen molar-refractivity contribution in [2.75, 3.05) is 48.5 Å². The van der Waals surface area contributed by atoms with Crippen LogP contribution in [0.3, 0.4) is 0 Å². The number of carbonyl (C=O) groups is 1. The Morgan fingerprint density at radius 1 is 0.902 bits per heavy atom. The zero-order chi connectivity index (χ0) is 36.0. The highest BCUT2D eigenvalue weighted by molar-refractivity contribution is 5.72. The normalized spacial score (nSPS) is 21.6. The molecule has 4 unspecified atom stereocenters. The first-order valence-electron chi connectivity index (χ1n) is 17.6. The van der Waals surface area contributed by atoms with Crippen molar-refractivity contribution >= 4 is 5.97 Å². The summed E-state index contributed by atoms with van der Waals surface area (Å²) in [4.78, 5) is 15.0. The van der Waals surface area contributed by atoms with Crippen LogP contribution in [0.15, 0.2) is 60.7 Å². The van der Waals surface area contributed by atoms with Crippen molar-refractivity contribution in [3.8, 4) is 40.2 Å². The topological polar surface area (TPSA) is 86.7 Å². The number of carboxylic acids is 1. The average Bonchev–Trinajstić information content (AvgIpc) is 3.12. The van der Waals surface area contributed by atoms with E-state index < -0.39 is 17.8 Å². The van der Waals surface area contributed by atoms with E-state index in [0.29, 0.717) is 71.9 Å². The van der Waals surface area contributed by atoms with Gasteiger partial charge in [-0.1, -0.05) is 25.1 Å². The fourth-order valence-corrected chi connectivity index (χ4v) is 8.49. The Bertz CT molecular complexity index is 1970. The Morgan fingerprint density at radius 3 is 2.27 bits per heavy atom. The molecular weight excluding hydrogens is 651 g/mol. The van der Waals surface area contributed by atoms with Gasteiger partial charge in [-0.3, -0.25) is 4.90 Å². The average molecular weight is 698 g/mol. The van der Waals surface area contributed by atoms with Gasteiger partial charge in [-0.2, -0.15) is 4.39 Å². The van der Waals surface area contributed by atoms with Crippen LogP contribution in [0.2, 0.25) is 0 Å². The van der Waals surface area contributed by atoms with E-state index in [1.54, 1.807) is 20.3 Å². The maximum Gasteiger partial charge on any atom is 0.362 e. The lowest BCUT2D eigenvalue weighted by atomic mass is 9.84. The molecule has 0 saturated carbocycles. The lowest BCUT2D eigenvalue weighted by Gasteiger charge is -2.49. The molecule has 4 aliphatic rings. The molecule has 0 spiro atoms. The summed E-state index contributed by atoms with van der Waals surface area (Å²) in [6.45, 7) is 3.33. The lowest BCUT2D eigenvalue weighted by Crippen LogP contribution is -2.60. The van der Waals surface area contributed by atoms with Gasteiger partial charge in [0.2, 0.25) is 5.82 Å². The van der Waals surface area contributed by atoms with Gasteiger partial charge in [0, 0.05) is 43.0 Å². The Hall–Kier alpha value is -4.80. The van der Waals surface area contributed by atoms with E-state index in [1.165, 1.54) is 7.11 Å². The first-order chi connectivity index (χ1) is 24.6. The number of rotatable bonds is 6. The maximum atomic E-state index is 16.7. The number of hydrogen-bond donors (Lipinski definition) is 1. The highest BCUT2D eigenvalue weighted by Gasteiger charge is 2.47. The number of carboxylic acid groups (broad SMARTS) is 1. The summed E-state index contributed by atoms with van der Waals surface area (Å²) in [5.41, 5.74) is 5.76. The molecule has 6 bridgehead atoms. The van der Waals surface area contributed by atoms with Crippen LogP contribution in [-0.2, 0) is 30.5 Å². The Kier molecular flexibility index (Phi) is 9.32. The molecule has 0 aromatic heterocycles. The van der Waals surface area contributed by atoms with Gasteiger partial charge in [0.1, 0.15) is 11.8 Å². The summed E-state index contributed by atoms with van der Waals surface area (Å²) in [5, 5.41) is 10.5. The minimum absolute atomic E-state index is 0.0988. The van der Waals surface area contributed by atoms with Crippen LogP contribution in [0.1, 0.15) is 58.8 Å². The van der Waals surface area contributed by atoms with Gasteiger partial charge in [0.15, 0.2) is 40.5 Å². The van der Waals surface area contributed by atoms with Crippen LogP contribution >= 0.6 is 0 Å². The molecule has 4 atom stereocenters. The number of hydrogen-bond acceptors (Lipinski definition) is 7. The summed E-state index contributed by atoms with van der Waals surface area (Å²) in [5.74, 6) is 1.49. The van der Waals surface area contributed by atoms with Crippen LogP contribution in [0.25, 0.3) is 0 Å². The zero-order valence-electron chi connectivity index (χ0n) is 30.1. The number of nitrogens with zero attached hydrogens (tertiary/aromatic N) is 2. The third-order valence-corrected chi connectivity index (χ3v) is 11.3. The van der Waals surface area contributed by atoms with E-state index in [1.807, 2.05) is 75.6 Å². The number of methoxy groups -OCH3 is 3. The number of fused-ring (bicyclic) bond motifs is 2. The van der Waals surface area contributed by atoms with Gasteiger partial charge in [0.25, 0.3) is 0 Å². The third kappa shape index (κ3) is 6.14. The monoisotopic (exact) mass is 697 g/mol. The van der Waals surface area contributed by atoms with E-state index in [9.17, 15) is 9.90 Å². The van der Waals surface area contributed by atoms with Crippen molar-refractivity contribution in [3.63, 3.8) is 0 Å². The standard InChI is InChI=1S/C41H45FN2O7/c1-7-31(41(45)46)44(3)17-15-26-21-34(48-5)36-23-29(26)32(44)19-24-8-11-28(12-9-24)50-35-20-25(10-13-33(35)47-4)18-30-38-27(14-16-43(30)2)22-37(49-6)39(42)40(38)51-36/h8-13,20-23,30-32H,7,14-19H2,1-6H3/p+1. The molecule has 0 radical (unpaired) electrons. The van der Waals surface area contributed by atoms with Crippen molar-refractivity contribution in [2.24, 2.45) is 0 Å². The molecular formula is C41H46FN2O7+. The number of benzene rings is 4. The Labute approximate surface area is 298 Å². The minimum atomic E-state index is -0.826. The van der Waals surface area contributed by atoms with E-state index in [2.05, 4.69) is 4.90 Å². The van der Waals surface area contributed by atoms with E-state index in [-0.39, 0.29) is 23.6 Å². The highest BCUT2D eigenvalue weighted by atomic mass is 19.1. The molecule has 51 heavy (non-hydrogen) atoms. The van der Waals surface area contributed by atoms with Gasteiger partial charge >= 0.3 is 5.97 Å². The number of ether oxygens (including phenoxy) is 5. The molecule has 268 valence electrons. The predicted molar refractivity (Wildman–Crippen MR) is 191 cm³/mol. The second-order valence-corrected chi connectivity index (χ2v) is 14.1. The second kappa shape index (κ2) is 13.7. The lowest BCUT2D eigenvalue weighted by molar-refractivity contribution is -0.956. The smallest absolute Gasteiger partial charge is 0.362 e. The molecule has 10 heteroatoms. The number of aliphatic carboxylic acids is 1. The molecule has 0 fully saturated rings. The molecule has 0 saturated heterocycles. The fraction of sp³-hybridized carbons (Fsp3) is 0.390. The van der Waals surface area contributed by atoms with Gasteiger partial charge < -0.3 is 33.3 Å². The number of halogens is 1. The quantitative estimate of drug-likeness (QED) is 0.206. The number of quaternary nitrogens is 1. The SMILES string of the molecule is CCC(C(=O)O)[N+]1(C)CCc2cc(OC)c3cc2C1Cc1ccc(cc1)Oc1cc(ccc1OC)CC1c2c(cc(OC)c(F)c2O3)CCN1C. The summed E-state index contributed by atoms with van der Waals surface area (Å²) in [7, 11) is 8.76. The van der Waals surface area contributed by atoms with E-state index >= 15 is 4.39 Å². The van der Waals surface area contributed by atoms with Gasteiger partial charge in [-0.05, 0) is 84.6 Å². The molecule has 0 aliphatic carbocycles. The maximum absolute atomic E-state index is 16.7. The first kappa shape index (κ1) is 34.6. The third-order valence-electron chi connectivity index (χ3n) is 11.3. The molecule has 4 aliphatic heterocycles.